The average molecular weight is 401 g/mol. The second-order valence-electron chi connectivity index (χ2n) is 8.04. The van der Waals surface area contributed by atoms with Gasteiger partial charge in [0.05, 0.1) is 11.1 Å². The van der Waals surface area contributed by atoms with Gasteiger partial charge >= 0.3 is 0 Å². The van der Waals surface area contributed by atoms with Crippen molar-refractivity contribution in [3.63, 3.8) is 0 Å². The summed E-state index contributed by atoms with van der Waals surface area (Å²) < 4.78 is 14.8. The molecule has 0 radical (unpaired) electrons. The predicted molar refractivity (Wildman–Crippen MR) is 102 cm³/mol. The van der Waals surface area contributed by atoms with Gasteiger partial charge in [-0.05, 0) is 62.4 Å². The highest BCUT2D eigenvalue weighted by molar-refractivity contribution is 6.23. The number of hydrogen-bond acceptors (Lipinski definition) is 5. The number of rotatable bonds is 3. The molecule has 2 atom stereocenters. The molecular weight excluding hydrogens is 377 g/mol. The van der Waals surface area contributed by atoms with Crippen molar-refractivity contribution >= 4 is 23.6 Å². The van der Waals surface area contributed by atoms with E-state index in [4.69, 9.17) is 0 Å². The minimum atomic E-state index is -1.04. The molecule has 3 heterocycles. The molecule has 0 aliphatic carbocycles. The van der Waals surface area contributed by atoms with Crippen LogP contribution >= 0.6 is 0 Å². The summed E-state index contributed by atoms with van der Waals surface area (Å²) in [5, 5.41) is 5.52. The molecule has 29 heavy (non-hydrogen) atoms. The van der Waals surface area contributed by atoms with Crippen LogP contribution in [0.4, 0.5) is 4.39 Å². The van der Waals surface area contributed by atoms with Gasteiger partial charge in [0.1, 0.15) is 11.9 Å². The molecule has 3 aliphatic rings. The number of fused-ring (bicyclic) bond motifs is 1. The summed E-state index contributed by atoms with van der Waals surface area (Å²) in [6.45, 7) is 1.89. The van der Waals surface area contributed by atoms with Crippen molar-refractivity contribution < 1.29 is 23.6 Å². The van der Waals surface area contributed by atoms with E-state index in [1.807, 2.05) is 0 Å². The van der Waals surface area contributed by atoms with Gasteiger partial charge in [-0.2, -0.15) is 0 Å². The van der Waals surface area contributed by atoms with Gasteiger partial charge in [-0.1, -0.05) is 12.8 Å². The summed E-state index contributed by atoms with van der Waals surface area (Å²) in [6, 6.07) is 1.56. The summed E-state index contributed by atoms with van der Waals surface area (Å²) in [6.07, 6.45) is 4.77. The molecule has 2 saturated heterocycles. The number of piperidine rings is 1. The molecule has 2 N–H and O–H groups in total. The number of nitrogens with one attached hydrogen (secondary N) is 2. The van der Waals surface area contributed by atoms with Gasteiger partial charge in [-0.3, -0.25) is 29.4 Å². The van der Waals surface area contributed by atoms with Crippen molar-refractivity contribution in [2.45, 2.75) is 51.0 Å². The van der Waals surface area contributed by atoms with Crippen LogP contribution in [0.3, 0.4) is 0 Å². The van der Waals surface area contributed by atoms with Crippen LogP contribution in [0, 0.1) is 11.7 Å². The number of carbonyl (C=O) groups is 4. The third kappa shape index (κ3) is 3.81. The van der Waals surface area contributed by atoms with E-state index in [1.54, 1.807) is 0 Å². The third-order valence-electron chi connectivity index (χ3n) is 6.06. The Morgan fingerprint density at radius 1 is 0.966 bits per heavy atom. The van der Waals surface area contributed by atoms with E-state index in [9.17, 15) is 23.6 Å². The van der Waals surface area contributed by atoms with Crippen LogP contribution in [0.25, 0.3) is 0 Å². The summed E-state index contributed by atoms with van der Waals surface area (Å²) in [4.78, 5) is 50.0. The number of amides is 4. The maximum absolute atomic E-state index is 14.8. The highest BCUT2D eigenvalue weighted by Crippen LogP contribution is 2.31. The van der Waals surface area contributed by atoms with Crippen molar-refractivity contribution in [3.8, 4) is 0 Å². The van der Waals surface area contributed by atoms with E-state index in [2.05, 4.69) is 10.6 Å². The smallest absolute Gasteiger partial charge is 0.262 e. The lowest BCUT2D eigenvalue weighted by Crippen LogP contribution is -2.54. The lowest BCUT2D eigenvalue weighted by Gasteiger charge is -2.27. The minimum Gasteiger partial charge on any atom is -0.317 e. The molecule has 7 nitrogen and oxygen atoms in total. The number of hydrogen-bond donors (Lipinski definition) is 2. The van der Waals surface area contributed by atoms with E-state index in [-0.39, 0.29) is 24.0 Å². The van der Waals surface area contributed by atoms with Crippen LogP contribution in [0.15, 0.2) is 12.1 Å². The Hall–Kier alpha value is -2.61. The van der Waals surface area contributed by atoms with Crippen molar-refractivity contribution in [2.24, 2.45) is 5.92 Å². The second-order valence-corrected chi connectivity index (χ2v) is 8.04. The van der Waals surface area contributed by atoms with Crippen molar-refractivity contribution in [3.05, 3.63) is 34.6 Å². The van der Waals surface area contributed by atoms with E-state index in [0.717, 1.165) is 49.7 Å². The number of nitrogens with zero attached hydrogens (tertiary/aromatic N) is 1. The minimum absolute atomic E-state index is 0.0136. The first kappa shape index (κ1) is 19.7. The first-order chi connectivity index (χ1) is 14.0. The fraction of sp³-hybridized carbons (Fsp3) is 0.524. The van der Waals surface area contributed by atoms with Crippen molar-refractivity contribution in [1.29, 1.82) is 0 Å². The lowest BCUT2D eigenvalue weighted by atomic mass is 9.89. The number of carbonyl (C=O) groups excluding carboxylic acids is 4. The Balaban J connectivity index is 1.57. The Morgan fingerprint density at radius 3 is 2.48 bits per heavy atom. The average Bonchev–Trinajstić information content (AvgIpc) is 2.88. The summed E-state index contributed by atoms with van der Waals surface area (Å²) in [7, 11) is 0. The van der Waals surface area contributed by atoms with Crippen LogP contribution < -0.4 is 10.6 Å². The molecule has 1 aromatic carbocycles. The van der Waals surface area contributed by atoms with Gasteiger partial charge in [0.15, 0.2) is 0 Å². The molecule has 8 heteroatoms. The van der Waals surface area contributed by atoms with E-state index in [1.165, 1.54) is 6.07 Å². The Kier molecular flexibility index (Phi) is 5.45. The fourth-order valence-electron chi connectivity index (χ4n) is 4.47. The van der Waals surface area contributed by atoms with Gasteiger partial charge < -0.3 is 5.32 Å². The Morgan fingerprint density at radius 2 is 1.72 bits per heavy atom. The highest BCUT2D eigenvalue weighted by Gasteiger charge is 2.45. The molecule has 154 valence electrons. The molecular formula is C21H24FN3O4. The zero-order valence-corrected chi connectivity index (χ0v) is 16.1. The Labute approximate surface area is 168 Å². The van der Waals surface area contributed by atoms with Gasteiger partial charge in [-0.15, -0.1) is 0 Å². The molecule has 2 unspecified atom stereocenters. The highest BCUT2D eigenvalue weighted by atomic mass is 19.1. The fourth-order valence-corrected chi connectivity index (χ4v) is 4.47. The van der Waals surface area contributed by atoms with Crippen LogP contribution in [0.5, 0.6) is 0 Å². The largest absolute Gasteiger partial charge is 0.317 e. The lowest BCUT2D eigenvalue weighted by molar-refractivity contribution is -0.136. The van der Waals surface area contributed by atoms with E-state index in [0.29, 0.717) is 17.9 Å². The number of benzene rings is 1. The molecule has 2 fully saturated rings. The summed E-state index contributed by atoms with van der Waals surface area (Å²) in [5.74, 6) is -2.55. The maximum atomic E-state index is 14.8. The van der Waals surface area contributed by atoms with Gasteiger partial charge in [0.2, 0.25) is 11.8 Å². The maximum Gasteiger partial charge on any atom is 0.262 e. The van der Waals surface area contributed by atoms with Crippen molar-refractivity contribution in [2.75, 3.05) is 13.1 Å². The van der Waals surface area contributed by atoms with Crippen LogP contribution in [0.1, 0.15) is 64.8 Å². The zero-order valence-electron chi connectivity index (χ0n) is 16.1. The molecule has 1 aromatic rings. The predicted octanol–water partition coefficient (Wildman–Crippen LogP) is 1.55. The number of halogens is 1. The van der Waals surface area contributed by atoms with Gasteiger partial charge in [0, 0.05) is 6.42 Å². The van der Waals surface area contributed by atoms with Crippen molar-refractivity contribution in [1.82, 2.24) is 15.5 Å². The molecule has 0 saturated carbocycles. The van der Waals surface area contributed by atoms with Gasteiger partial charge in [-0.25, -0.2) is 4.39 Å². The summed E-state index contributed by atoms with van der Waals surface area (Å²) in [5.41, 5.74) is 0.556. The first-order valence-electron chi connectivity index (χ1n) is 10.2. The number of imide groups is 2. The quantitative estimate of drug-likeness (QED) is 0.750. The zero-order chi connectivity index (χ0) is 20.5. The SMILES string of the molecule is O=C1CCC(N2C(=O)c3cc(F)c(CC4CCCCNCC4)cc3C2=O)C(=O)N1. The monoisotopic (exact) mass is 401 g/mol. The molecule has 0 bridgehead atoms. The van der Waals surface area contributed by atoms with E-state index < -0.39 is 35.5 Å². The van der Waals surface area contributed by atoms with Crippen LogP contribution in [-0.4, -0.2) is 47.7 Å². The molecule has 4 rings (SSSR count). The molecule has 0 aromatic heterocycles. The van der Waals surface area contributed by atoms with Crippen LogP contribution in [-0.2, 0) is 16.0 Å². The van der Waals surface area contributed by atoms with Gasteiger partial charge in [0.25, 0.3) is 11.8 Å². The third-order valence-corrected chi connectivity index (χ3v) is 6.06. The summed E-state index contributed by atoms with van der Waals surface area (Å²) >= 11 is 0. The van der Waals surface area contributed by atoms with Crippen LogP contribution in [0.2, 0.25) is 0 Å². The molecule has 0 spiro atoms. The second kappa shape index (κ2) is 8.02. The topological polar surface area (TPSA) is 95.6 Å². The Bertz CT molecular complexity index is 877. The standard InChI is InChI=1S/C21H24FN3O4/c22-16-11-15-14(10-13(16)9-12-3-1-2-7-23-8-6-12)20(28)25(21(15)29)17-4-5-18(26)24-19(17)27/h10-12,17,23H,1-9H2,(H,24,26,27). The first-order valence-corrected chi connectivity index (χ1v) is 10.2. The normalized spacial score (nSPS) is 25.5. The molecule has 3 aliphatic heterocycles. The van der Waals surface area contributed by atoms with E-state index >= 15 is 0 Å². The molecule has 4 amide bonds.